The number of nitrogens with one attached hydrogen (secondary N) is 2. The van der Waals surface area contributed by atoms with Crippen LogP contribution in [0.1, 0.15) is 65.0 Å². The minimum atomic E-state index is -1.08. The monoisotopic (exact) mass is 580 g/mol. The molecular weight excluding hydrogens is 536 g/mol. The largest absolute Gasteiger partial charge is 0.446 e. The second-order valence-electron chi connectivity index (χ2n) is 13.8. The van der Waals surface area contributed by atoms with Gasteiger partial charge in [-0.2, -0.15) is 0 Å². The number of rotatable bonds is 11. The number of likely N-dealkylation sites (tertiary alicyclic amines) is 1. The third-order valence-corrected chi connectivity index (χ3v) is 10.2. The molecule has 1 aliphatic heterocycles. The van der Waals surface area contributed by atoms with Crippen molar-refractivity contribution in [2.24, 2.45) is 40.7 Å². The number of nitrogens with zero attached hydrogens (tertiary/aromatic N) is 1. The number of carbonyl (C=O) groups excluding carboxylic acids is 5. The molecule has 4 amide bonds. The highest BCUT2D eigenvalue weighted by Gasteiger charge is 2.69. The van der Waals surface area contributed by atoms with E-state index in [-0.39, 0.29) is 47.0 Å². The van der Waals surface area contributed by atoms with Crippen molar-refractivity contribution in [3.63, 3.8) is 0 Å². The van der Waals surface area contributed by atoms with Crippen molar-refractivity contribution in [1.29, 1.82) is 0 Å². The van der Waals surface area contributed by atoms with Crippen molar-refractivity contribution in [2.45, 2.75) is 91.0 Å². The van der Waals surface area contributed by atoms with Gasteiger partial charge in [0, 0.05) is 6.54 Å². The van der Waals surface area contributed by atoms with Gasteiger partial charge in [-0.25, -0.2) is 4.79 Å². The summed E-state index contributed by atoms with van der Waals surface area (Å²) in [5, 5.41) is 5.67. The number of ether oxygens (including phenoxy) is 1. The van der Waals surface area contributed by atoms with Gasteiger partial charge >= 0.3 is 6.09 Å². The number of hydrogen-bond donors (Lipinski definition) is 3. The van der Waals surface area contributed by atoms with Crippen molar-refractivity contribution in [3.05, 3.63) is 35.4 Å². The van der Waals surface area contributed by atoms with Gasteiger partial charge in [0.1, 0.15) is 18.2 Å². The molecule has 0 aromatic heterocycles. The predicted molar refractivity (Wildman–Crippen MR) is 155 cm³/mol. The number of ketones is 1. The topological polar surface area (TPSA) is 148 Å². The van der Waals surface area contributed by atoms with Gasteiger partial charge in [0.2, 0.25) is 17.6 Å². The van der Waals surface area contributed by atoms with Crippen LogP contribution in [0.5, 0.6) is 0 Å². The van der Waals surface area contributed by atoms with Gasteiger partial charge in [-0.1, -0.05) is 64.8 Å². The summed E-state index contributed by atoms with van der Waals surface area (Å²) in [7, 11) is 0. The highest BCUT2D eigenvalue weighted by atomic mass is 16.6. The van der Waals surface area contributed by atoms with Crippen molar-refractivity contribution in [3.8, 4) is 0 Å². The minimum Gasteiger partial charge on any atom is -0.446 e. The molecule has 228 valence electrons. The first-order valence-corrected chi connectivity index (χ1v) is 15.3. The zero-order valence-electron chi connectivity index (χ0n) is 25.2. The van der Waals surface area contributed by atoms with Gasteiger partial charge in [0.25, 0.3) is 5.91 Å². The van der Waals surface area contributed by atoms with Crippen LogP contribution >= 0.6 is 0 Å². The molecule has 42 heavy (non-hydrogen) atoms. The lowest BCUT2D eigenvalue weighted by Crippen LogP contribution is -2.59. The minimum absolute atomic E-state index is 0.0963. The molecule has 0 spiro atoms. The van der Waals surface area contributed by atoms with E-state index in [0.717, 1.165) is 24.0 Å². The summed E-state index contributed by atoms with van der Waals surface area (Å²) in [5.41, 5.74) is 7.42. The molecule has 10 nitrogen and oxygen atoms in total. The maximum Gasteiger partial charge on any atom is 0.408 e. The second-order valence-corrected chi connectivity index (χ2v) is 13.8. The fourth-order valence-electron chi connectivity index (χ4n) is 7.01. The fraction of sp³-hybridized carbons (Fsp3) is 0.656. The number of carbonyl (C=O) groups is 5. The summed E-state index contributed by atoms with van der Waals surface area (Å²) < 4.78 is 5.59. The predicted octanol–water partition coefficient (Wildman–Crippen LogP) is 2.36. The van der Waals surface area contributed by atoms with E-state index in [2.05, 4.69) is 24.5 Å². The molecule has 4 unspecified atom stereocenters. The summed E-state index contributed by atoms with van der Waals surface area (Å²) in [6.45, 7) is 10.3. The molecule has 10 heteroatoms. The summed E-state index contributed by atoms with van der Waals surface area (Å²) in [6, 6.07) is 5.28. The van der Waals surface area contributed by atoms with Gasteiger partial charge in [-0.05, 0) is 72.3 Å². The second kappa shape index (κ2) is 11.3. The van der Waals surface area contributed by atoms with Gasteiger partial charge in [0.05, 0.1) is 6.04 Å². The van der Waals surface area contributed by atoms with Gasteiger partial charge in [0.15, 0.2) is 0 Å². The molecule has 3 aliphatic carbocycles. The quantitative estimate of drug-likeness (QED) is 0.342. The highest BCUT2D eigenvalue weighted by Crippen LogP contribution is 2.65. The summed E-state index contributed by atoms with van der Waals surface area (Å²) in [6.07, 6.45) is 2.47. The van der Waals surface area contributed by atoms with Gasteiger partial charge in [-0.15, -0.1) is 0 Å². The Kier molecular flexibility index (Phi) is 8.11. The van der Waals surface area contributed by atoms with E-state index in [1.165, 1.54) is 0 Å². The van der Waals surface area contributed by atoms with E-state index >= 15 is 0 Å². The van der Waals surface area contributed by atoms with E-state index in [1.807, 2.05) is 45.0 Å². The summed E-state index contributed by atoms with van der Waals surface area (Å²) in [4.78, 5) is 67.2. The standard InChI is InChI=1S/C32H44N4O6/c1-16(2)17(3)42-31(41)35-25(21-13-19-8-6-7-9-20(19)14-21)30(40)36-15-22-24(32(22,4)5)26(36)29(39)34-23(12-18-10-11-18)27(37)28(33)38/h6-9,16-18,21-26H,10-15H2,1-5H3,(H2,33,38)(H,34,39)(H,35,41)/t17?,22?,23?,24?,25-,26-/m0/s1. The van der Waals surface area contributed by atoms with E-state index in [0.29, 0.717) is 25.8 Å². The smallest absolute Gasteiger partial charge is 0.408 e. The van der Waals surface area contributed by atoms with E-state index in [1.54, 1.807) is 4.90 Å². The Morgan fingerprint density at radius 3 is 2.19 bits per heavy atom. The maximum atomic E-state index is 14.4. The average molecular weight is 581 g/mol. The van der Waals surface area contributed by atoms with Crippen LogP contribution in [0, 0.1) is 35.0 Å². The Hall–Kier alpha value is -3.43. The maximum absolute atomic E-state index is 14.4. The first-order chi connectivity index (χ1) is 19.8. The van der Waals surface area contributed by atoms with Crippen LogP contribution in [0.4, 0.5) is 4.79 Å². The molecule has 0 radical (unpaired) electrons. The highest BCUT2D eigenvalue weighted by molar-refractivity contribution is 6.37. The first-order valence-electron chi connectivity index (χ1n) is 15.3. The number of nitrogens with two attached hydrogens (primary N) is 1. The molecule has 6 atom stereocenters. The molecule has 1 heterocycles. The van der Waals surface area contributed by atoms with Crippen molar-refractivity contribution in [2.75, 3.05) is 6.54 Å². The number of alkyl carbamates (subject to hydrolysis) is 1. The van der Waals surface area contributed by atoms with Crippen molar-refractivity contribution < 1.29 is 28.7 Å². The Balaban J connectivity index is 1.39. The Labute approximate surface area is 247 Å². The fourth-order valence-corrected chi connectivity index (χ4v) is 7.01. The summed E-state index contributed by atoms with van der Waals surface area (Å²) >= 11 is 0. The zero-order valence-corrected chi connectivity index (χ0v) is 25.2. The Morgan fingerprint density at radius 1 is 1.02 bits per heavy atom. The molecule has 1 aromatic carbocycles. The van der Waals surface area contributed by atoms with Gasteiger partial charge < -0.3 is 26.0 Å². The molecule has 4 N–H and O–H groups in total. The molecule has 3 fully saturated rings. The molecule has 2 saturated carbocycles. The number of benzene rings is 1. The Morgan fingerprint density at radius 2 is 1.64 bits per heavy atom. The number of hydrogen-bond acceptors (Lipinski definition) is 6. The van der Waals surface area contributed by atoms with Gasteiger partial charge in [-0.3, -0.25) is 19.2 Å². The third-order valence-electron chi connectivity index (χ3n) is 10.2. The van der Waals surface area contributed by atoms with Crippen LogP contribution < -0.4 is 16.4 Å². The van der Waals surface area contributed by atoms with E-state index in [9.17, 15) is 24.0 Å². The molecule has 1 aromatic rings. The number of piperidine rings is 1. The SMILES string of the molecule is CC(C)C(C)OC(=O)N[C@H](C(=O)N1CC2C([C@H]1C(=O)NC(CC1CC1)C(=O)C(N)=O)C2(C)C)C1Cc2ccccc2C1. The van der Waals surface area contributed by atoms with E-state index < -0.39 is 41.8 Å². The van der Waals surface area contributed by atoms with Crippen LogP contribution in [-0.4, -0.2) is 65.3 Å². The lowest BCUT2D eigenvalue weighted by molar-refractivity contribution is -0.144. The molecule has 1 saturated heterocycles. The number of amides is 4. The average Bonchev–Trinajstić information content (AvgIpc) is 3.68. The van der Waals surface area contributed by atoms with Crippen LogP contribution in [-0.2, 0) is 36.8 Å². The van der Waals surface area contributed by atoms with Crippen LogP contribution in [0.15, 0.2) is 24.3 Å². The van der Waals surface area contributed by atoms with E-state index in [4.69, 9.17) is 10.5 Å². The van der Waals surface area contributed by atoms with Crippen molar-refractivity contribution >= 4 is 29.6 Å². The summed E-state index contributed by atoms with van der Waals surface area (Å²) in [5.74, 6) is -2.50. The van der Waals surface area contributed by atoms with Crippen LogP contribution in [0.2, 0.25) is 0 Å². The Bertz CT molecular complexity index is 1250. The number of fused-ring (bicyclic) bond motifs is 2. The first kappa shape index (κ1) is 30.0. The zero-order chi connectivity index (χ0) is 30.5. The normalized spacial score (nSPS) is 26.0. The molecule has 4 aliphatic rings. The van der Waals surface area contributed by atoms with Crippen LogP contribution in [0.25, 0.3) is 0 Å². The van der Waals surface area contributed by atoms with Crippen LogP contribution in [0.3, 0.4) is 0 Å². The molecule has 5 rings (SSSR count). The molecule has 0 bridgehead atoms. The lowest BCUT2D eigenvalue weighted by Gasteiger charge is -2.35. The number of Topliss-reactive ketones (excluding diaryl/α,β-unsaturated/α-hetero) is 1. The lowest BCUT2D eigenvalue weighted by atomic mass is 9.93. The molecular formula is C32H44N4O6. The third kappa shape index (κ3) is 5.90. The van der Waals surface area contributed by atoms with Crippen molar-refractivity contribution in [1.82, 2.24) is 15.5 Å². The number of primary amides is 1.